The van der Waals surface area contributed by atoms with Gasteiger partial charge in [0, 0.05) is 29.3 Å². The first-order valence-electron chi connectivity index (χ1n) is 10.9. The molecule has 1 aliphatic carbocycles. The summed E-state index contributed by atoms with van der Waals surface area (Å²) in [5.41, 5.74) is 5.21. The molecule has 0 saturated carbocycles. The number of anilines is 2. The van der Waals surface area contributed by atoms with Gasteiger partial charge in [0.2, 0.25) is 0 Å². The number of hydrogen-bond acceptors (Lipinski definition) is 5. The Morgan fingerprint density at radius 3 is 2.39 bits per heavy atom. The van der Waals surface area contributed by atoms with Crippen LogP contribution < -0.4 is 20.1 Å². The van der Waals surface area contributed by atoms with E-state index in [0.29, 0.717) is 29.9 Å². The summed E-state index contributed by atoms with van der Waals surface area (Å²) >= 11 is 0. The Kier molecular flexibility index (Phi) is 5.50. The summed E-state index contributed by atoms with van der Waals surface area (Å²) in [6.07, 6.45) is 1.01. The lowest BCUT2D eigenvalue weighted by Crippen LogP contribution is -2.27. The van der Waals surface area contributed by atoms with Crippen LogP contribution in [0.4, 0.5) is 15.8 Å². The van der Waals surface area contributed by atoms with E-state index >= 15 is 0 Å². The molecule has 3 aromatic carbocycles. The number of ether oxygens (including phenoxy) is 2. The number of halogens is 1. The van der Waals surface area contributed by atoms with E-state index < -0.39 is 6.04 Å². The monoisotopic (exact) mass is 444 g/mol. The number of rotatable bonds is 4. The van der Waals surface area contributed by atoms with Gasteiger partial charge in [-0.25, -0.2) is 4.39 Å². The van der Waals surface area contributed by atoms with Gasteiger partial charge in [-0.3, -0.25) is 4.79 Å². The molecule has 6 heteroatoms. The number of allylic oxidation sites excluding steroid dienone is 1. The van der Waals surface area contributed by atoms with Crippen LogP contribution in [0.5, 0.6) is 11.5 Å². The zero-order valence-electron chi connectivity index (χ0n) is 18.5. The molecule has 33 heavy (non-hydrogen) atoms. The van der Waals surface area contributed by atoms with Crippen LogP contribution >= 0.6 is 0 Å². The molecule has 0 unspecified atom stereocenters. The van der Waals surface area contributed by atoms with E-state index in [1.807, 2.05) is 42.5 Å². The number of ketones is 1. The number of fused-ring (bicyclic) bond motifs is 1. The van der Waals surface area contributed by atoms with Crippen molar-refractivity contribution in [2.24, 2.45) is 0 Å². The van der Waals surface area contributed by atoms with E-state index in [9.17, 15) is 9.18 Å². The van der Waals surface area contributed by atoms with Crippen LogP contribution in [-0.2, 0) is 4.79 Å². The highest BCUT2D eigenvalue weighted by Crippen LogP contribution is 2.46. The maximum absolute atomic E-state index is 13.6. The molecule has 0 bridgehead atoms. The van der Waals surface area contributed by atoms with Crippen molar-refractivity contribution >= 4 is 17.2 Å². The highest BCUT2D eigenvalue weighted by Gasteiger charge is 2.37. The van der Waals surface area contributed by atoms with Crippen LogP contribution in [0.2, 0.25) is 0 Å². The molecular weight excluding hydrogens is 419 g/mol. The molecule has 0 amide bonds. The van der Waals surface area contributed by atoms with Gasteiger partial charge in [-0.15, -0.1) is 0 Å². The second kappa shape index (κ2) is 8.62. The van der Waals surface area contributed by atoms with Gasteiger partial charge in [0.05, 0.1) is 31.6 Å². The summed E-state index contributed by atoms with van der Waals surface area (Å²) in [4.78, 5) is 13.6. The quantitative estimate of drug-likeness (QED) is 0.531. The van der Waals surface area contributed by atoms with Crippen LogP contribution in [0, 0.1) is 5.82 Å². The van der Waals surface area contributed by atoms with E-state index in [4.69, 9.17) is 9.47 Å². The van der Waals surface area contributed by atoms with E-state index in [-0.39, 0.29) is 17.5 Å². The molecule has 2 N–H and O–H groups in total. The normalized spacial score (nSPS) is 19.5. The second-order valence-electron chi connectivity index (χ2n) is 8.33. The second-order valence-corrected chi connectivity index (χ2v) is 8.33. The molecule has 1 aliphatic heterocycles. The summed E-state index contributed by atoms with van der Waals surface area (Å²) in [5.74, 6) is 1.09. The lowest BCUT2D eigenvalue weighted by Gasteiger charge is -2.30. The van der Waals surface area contributed by atoms with Crippen molar-refractivity contribution in [1.29, 1.82) is 0 Å². The fourth-order valence-corrected chi connectivity index (χ4v) is 4.75. The van der Waals surface area contributed by atoms with Crippen LogP contribution in [0.25, 0.3) is 0 Å². The molecular formula is C27H25FN2O3. The van der Waals surface area contributed by atoms with Crippen molar-refractivity contribution in [2.75, 3.05) is 24.9 Å². The lowest BCUT2D eigenvalue weighted by molar-refractivity contribution is -0.116. The largest absolute Gasteiger partial charge is 0.497 e. The van der Waals surface area contributed by atoms with Gasteiger partial charge < -0.3 is 20.1 Å². The minimum Gasteiger partial charge on any atom is -0.497 e. The Morgan fingerprint density at radius 1 is 0.909 bits per heavy atom. The first-order valence-corrected chi connectivity index (χ1v) is 10.9. The molecule has 2 aliphatic rings. The number of hydrogen-bond donors (Lipinski definition) is 2. The Labute approximate surface area is 192 Å². The van der Waals surface area contributed by atoms with Gasteiger partial charge in [0.15, 0.2) is 5.78 Å². The number of Topliss-reactive ketones (excluding diaryl/α,β-unsaturated/α-hetero) is 1. The molecule has 1 heterocycles. The third-order valence-corrected chi connectivity index (χ3v) is 6.40. The summed E-state index contributed by atoms with van der Waals surface area (Å²) in [7, 11) is 3.23. The summed E-state index contributed by atoms with van der Waals surface area (Å²) in [5, 5.41) is 7.09. The number of carbonyl (C=O) groups excluding carboxylic acids is 1. The van der Waals surface area contributed by atoms with Gasteiger partial charge in [-0.2, -0.15) is 0 Å². The fourth-order valence-electron chi connectivity index (χ4n) is 4.75. The lowest BCUT2D eigenvalue weighted by atomic mass is 9.78. The smallest absolute Gasteiger partial charge is 0.163 e. The maximum atomic E-state index is 13.6. The first kappa shape index (κ1) is 21.1. The molecule has 0 saturated heterocycles. The summed E-state index contributed by atoms with van der Waals surface area (Å²) in [6, 6.07) is 19.6. The van der Waals surface area contributed by atoms with E-state index in [1.165, 1.54) is 12.1 Å². The Bertz CT molecular complexity index is 1240. The highest BCUT2D eigenvalue weighted by atomic mass is 19.1. The van der Waals surface area contributed by atoms with Gasteiger partial charge in [-0.05, 0) is 54.3 Å². The summed E-state index contributed by atoms with van der Waals surface area (Å²) in [6.45, 7) is 0. The molecule has 5 rings (SSSR count). The van der Waals surface area contributed by atoms with Crippen molar-refractivity contribution in [1.82, 2.24) is 0 Å². The molecule has 2 atom stereocenters. The van der Waals surface area contributed by atoms with Crippen LogP contribution in [0.1, 0.15) is 35.9 Å². The van der Waals surface area contributed by atoms with Crippen molar-refractivity contribution in [3.63, 3.8) is 0 Å². The molecule has 0 aromatic heterocycles. The minimum absolute atomic E-state index is 0.0203. The summed E-state index contributed by atoms with van der Waals surface area (Å²) < 4.78 is 24.5. The van der Waals surface area contributed by atoms with Crippen molar-refractivity contribution in [3.8, 4) is 11.5 Å². The van der Waals surface area contributed by atoms with Crippen molar-refractivity contribution in [2.45, 2.75) is 24.8 Å². The van der Waals surface area contributed by atoms with Gasteiger partial charge in [-0.1, -0.05) is 24.3 Å². The minimum atomic E-state index is -0.390. The SMILES string of the molecule is COc1ccc([C@@H]2Nc3ccccc3NC3=C2C(=O)C[C@@H](c2ccc(F)cc2)C3)c(OC)c1. The fraction of sp³-hybridized carbons (Fsp3) is 0.222. The van der Waals surface area contributed by atoms with E-state index in [1.54, 1.807) is 26.4 Å². The zero-order chi connectivity index (χ0) is 22.9. The average Bonchev–Trinajstić information content (AvgIpc) is 3.00. The van der Waals surface area contributed by atoms with Crippen molar-refractivity contribution < 1.29 is 18.7 Å². The zero-order valence-corrected chi connectivity index (χ0v) is 18.5. The van der Waals surface area contributed by atoms with E-state index in [2.05, 4.69) is 10.6 Å². The Morgan fingerprint density at radius 2 is 1.67 bits per heavy atom. The van der Waals surface area contributed by atoms with Gasteiger partial charge >= 0.3 is 0 Å². The van der Waals surface area contributed by atoms with Crippen LogP contribution in [-0.4, -0.2) is 20.0 Å². The number of carbonyl (C=O) groups is 1. The third kappa shape index (κ3) is 3.93. The van der Waals surface area contributed by atoms with Crippen molar-refractivity contribution in [3.05, 3.63) is 94.9 Å². The Balaban J connectivity index is 1.62. The molecule has 0 fully saturated rings. The van der Waals surface area contributed by atoms with E-state index in [0.717, 1.165) is 28.2 Å². The van der Waals surface area contributed by atoms with Gasteiger partial charge in [0.1, 0.15) is 17.3 Å². The number of para-hydroxylation sites is 2. The molecule has 5 nitrogen and oxygen atoms in total. The predicted molar refractivity (Wildman–Crippen MR) is 126 cm³/mol. The topological polar surface area (TPSA) is 59.6 Å². The average molecular weight is 445 g/mol. The number of methoxy groups -OCH3 is 2. The predicted octanol–water partition coefficient (Wildman–Crippen LogP) is 5.82. The molecule has 0 radical (unpaired) electrons. The Hall–Kier alpha value is -3.80. The standard InChI is InChI=1S/C27H25FN2O3/c1-32-19-11-12-20(25(15-19)33-2)27-26-23(29-21-5-3-4-6-22(21)30-27)13-17(14-24(26)31)16-7-9-18(28)10-8-16/h3-12,15,17,27,29-30H,13-14H2,1-2H3/t17-,27-/m0/s1. The highest BCUT2D eigenvalue weighted by molar-refractivity contribution is 6.01. The van der Waals surface area contributed by atoms with Crippen LogP contribution in [0.15, 0.2) is 78.0 Å². The van der Waals surface area contributed by atoms with Gasteiger partial charge in [0.25, 0.3) is 0 Å². The third-order valence-electron chi connectivity index (χ3n) is 6.40. The molecule has 0 spiro atoms. The maximum Gasteiger partial charge on any atom is 0.163 e. The first-order chi connectivity index (χ1) is 16.1. The van der Waals surface area contributed by atoms with Crippen LogP contribution in [0.3, 0.4) is 0 Å². The molecule has 3 aromatic rings. The number of benzene rings is 3. The number of nitrogens with one attached hydrogen (secondary N) is 2. The molecule has 168 valence electrons.